The fourth-order valence-electron chi connectivity index (χ4n) is 2.65. The fourth-order valence-corrected chi connectivity index (χ4v) is 2.65. The molecular weight excluding hydrogens is 334 g/mol. The molecule has 130 valence electrons. The van der Waals surface area contributed by atoms with E-state index in [0.717, 1.165) is 5.56 Å². The maximum absolute atomic E-state index is 12.4. The zero-order valence-electron chi connectivity index (χ0n) is 13.9. The van der Waals surface area contributed by atoms with E-state index in [-0.39, 0.29) is 17.4 Å². The zero-order chi connectivity index (χ0) is 18.1. The van der Waals surface area contributed by atoms with E-state index in [1.807, 2.05) is 12.1 Å². The average molecular weight is 349 g/mol. The summed E-state index contributed by atoms with van der Waals surface area (Å²) in [6.07, 6.45) is 1.68. The summed E-state index contributed by atoms with van der Waals surface area (Å²) in [4.78, 5) is 24.5. The van der Waals surface area contributed by atoms with Gasteiger partial charge in [0.1, 0.15) is 0 Å². The third-order valence-corrected chi connectivity index (χ3v) is 3.86. The number of nitrogens with zero attached hydrogens (tertiary/aromatic N) is 4. The van der Waals surface area contributed by atoms with E-state index in [1.165, 1.54) is 9.08 Å². The highest BCUT2D eigenvalue weighted by molar-refractivity contribution is 6.02. The maximum Gasteiger partial charge on any atom is 0.350 e. The van der Waals surface area contributed by atoms with Crippen molar-refractivity contribution < 1.29 is 9.32 Å². The molecule has 8 nitrogen and oxygen atoms in total. The lowest BCUT2D eigenvalue weighted by molar-refractivity contribution is 0.0988. The summed E-state index contributed by atoms with van der Waals surface area (Å²) in [6.45, 7) is 2.04. The molecule has 0 fully saturated rings. The van der Waals surface area contributed by atoms with Gasteiger partial charge in [-0.3, -0.25) is 9.20 Å². The summed E-state index contributed by atoms with van der Waals surface area (Å²) in [5.74, 6) is -0.239. The Morgan fingerprint density at radius 2 is 2.08 bits per heavy atom. The molecule has 3 heterocycles. The monoisotopic (exact) mass is 349 g/mol. The number of pyridine rings is 1. The predicted octanol–water partition coefficient (Wildman–Crippen LogP) is 2.09. The van der Waals surface area contributed by atoms with E-state index >= 15 is 0 Å². The largest absolute Gasteiger partial charge is 0.351 e. The lowest BCUT2D eigenvalue weighted by Gasteiger charge is -2.06. The Balaban J connectivity index is 1.56. The molecule has 8 heteroatoms. The summed E-state index contributed by atoms with van der Waals surface area (Å²) < 4.78 is 7.82. The summed E-state index contributed by atoms with van der Waals surface area (Å²) in [6, 6.07) is 14.2. The lowest BCUT2D eigenvalue weighted by Crippen LogP contribution is -2.21. The van der Waals surface area contributed by atoms with E-state index in [0.29, 0.717) is 23.6 Å². The highest BCUT2D eigenvalue weighted by atomic mass is 16.5. The van der Waals surface area contributed by atoms with E-state index in [4.69, 9.17) is 4.52 Å². The van der Waals surface area contributed by atoms with Gasteiger partial charge < -0.3 is 9.84 Å². The molecule has 0 saturated carbocycles. The molecule has 1 N–H and O–H groups in total. The van der Waals surface area contributed by atoms with Crippen LogP contribution in [0.2, 0.25) is 0 Å². The van der Waals surface area contributed by atoms with E-state index < -0.39 is 0 Å². The normalized spacial score (nSPS) is 11.0. The molecule has 0 radical (unpaired) electrons. The van der Waals surface area contributed by atoms with Crippen molar-refractivity contribution in [2.45, 2.75) is 13.5 Å². The van der Waals surface area contributed by atoms with Crippen molar-refractivity contribution in [3.63, 3.8) is 0 Å². The van der Waals surface area contributed by atoms with Crippen molar-refractivity contribution in [2.24, 2.45) is 0 Å². The molecule has 26 heavy (non-hydrogen) atoms. The SMILES string of the molecule is Cc1cc(C(=O)Nc2cccc(Cn3nc4ccccn4c3=O)c2)on1. The molecule has 1 aromatic carbocycles. The van der Waals surface area contributed by atoms with E-state index in [1.54, 1.807) is 49.5 Å². The Morgan fingerprint density at radius 3 is 2.85 bits per heavy atom. The molecule has 0 atom stereocenters. The van der Waals surface area contributed by atoms with Gasteiger partial charge in [-0.1, -0.05) is 23.4 Å². The fraction of sp³-hybridized carbons (Fsp3) is 0.111. The highest BCUT2D eigenvalue weighted by Crippen LogP contribution is 2.13. The summed E-state index contributed by atoms with van der Waals surface area (Å²) in [7, 11) is 0. The van der Waals surface area contributed by atoms with Crippen LogP contribution in [0.15, 0.2) is 64.0 Å². The van der Waals surface area contributed by atoms with E-state index in [2.05, 4.69) is 15.6 Å². The molecular formula is C18H15N5O3. The average Bonchev–Trinajstić information content (AvgIpc) is 3.20. The Bertz CT molecular complexity index is 1150. The van der Waals surface area contributed by atoms with Crippen molar-refractivity contribution in [3.8, 4) is 0 Å². The van der Waals surface area contributed by atoms with Gasteiger partial charge in [0.15, 0.2) is 5.65 Å². The molecule has 0 spiro atoms. The molecule has 4 aromatic rings. The van der Waals surface area contributed by atoms with E-state index in [9.17, 15) is 9.59 Å². The Kier molecular flexibility index (Phi) is 3.85. The number of fused-ring (bicyclic) bond motifs is 1. The van der Waals surface area contributed by atoms with Crippen LogP contribution in [0.4, 0.5) is 5.69 Å². The predicted molar refractivity (Wildman–Crippen MR) is 94.2 cm³/mol. The first-order valence-corrected chi connectivity index (χ1v) is 7.98. The molecule has 3 aromatic heterocycles. The number of hydrogen-bond acceptors (Lipinski definition) is 5. The number of aryl methyl sites for hydroxylation is 1. The third kappa shape index (κ3) is 3.00. The van der Waals surface area contributed by atoms with Crippen molar-refractivity contribution >= 4 is 17.2 Å². The summed E-state index contributed by atoms with van der Waals surface area (Å²) in [5, 5.41) is 10.8. The number of rotatable bonds is 4. The number of hydrogen-bond donors (Lipinski definition) is 1. The second kappa shape index (κ2) is 6.32. The zero-order valence-corrected chi connectivity index (χ0v) is 13.9. The smallest absolute Gasteiger partial charge is 0.350 e. The molecule has 0 aliphatic rings. The van der Waals surface area contributed by atoms with Crippen molar-refractivity contribution in [2.75, 3.05) is 5.32 Å². The van der Waals surface area contributed by atoms with Crippen LogP contribution in [0, 0.1) is 6.92 Å². The van der Waals surface area contributed by atoms with Crippen LogP contribution in [0.3, 0.4) is 0 Å². The quantitative estimate of drug-likeness (QED) is 0.609. The molecule has 0 bridgehead atoms. The standard InChI is InChI=1S/C18H15N5O3/c1-12-9-15(26-21-12)17(24)19-14-6-4-5-13(10-14)11-23-18(25)22-8-3-2-7-16(22)20-23/h2-10H,11H2,1H3,(H,19,24). The van der Waals surface area contributed by atoms with Gasteiger partial charge in [-0.2, -0.15) is 0 Å². The minimum Gasteiger partial charge on any atom is -0.351 e. The van der Waals surface area contributed by atoms with Crippen LogP contribution in [-0.2, 0) is 6.54 Å². The number of benzene rings is 1. The van der Waals surface area contributed by atoms with Crippen molar-refractivity contribution in [3.05, 3.63) is 82.2 Å². The topological polar surface area (TPSA) is 94.4 Å². The van der Waals surface area contributed by atoms with Crippen molar-refractivity contribution in [1.82, 2.24) is 19.3 Å². The van der Waals surface area contributed by atoms with Crippen LogP contribution in [-0.4, -0.2) is 25.2 Å². The van der Waals surface area contributed by atoms with Gasteiger partial charge >= 0.3 is 5.69 Å². The third-order valence-electron chi connectivity index (χ3n) is 3.86. The maximum atomic E-state index is 12.4. The van der Waals surface area contributed by atoms with Crippen LogP contribution in [0.25, 0.3) is 5.65 Å². The van der Waals surface area contributed by atoms with Gasteiger partial charge in [-0.05, 0) is 36.8 Å². The summed E-state index contributed by atoms with van der Waals surface area (Å²) in [5.41, 5.74) is 2.44. The number of anilines is 1. The molecule has 0 unspecified atom stereocenters. The first kappa shape index (κ1) is 15.8. The first-order valence-electron chi connectivity index (χ1n) is 7.98. The highest BCUT2D eigenvalue weighted by Gasteiger charge is 2.12. The number of carbonyl (C=O) groups excluding carboxylic acids is 1. The Hall–Kier alpha value is -3.68. The number of aromatic nitrogens is 4. The van der Waals surface area contributed by atoms with Gasteiger partial charge in [-0.15, -0.1) is 5.10 Å². The molecule has 0 aliphatic carbocycles. The Morgan fingerprint density at radius 1 is 1.19 bits per heavy atom. The lowest BCUT2D eigenvalue weighted by atomic mass is 10.2. The van der Waals surface area contributed by atoms with Crippen LogP contribution in [0.5, 0.6) is 0 Å². The second-order valence-electron chi connectivity index (χ2n) is 5.86. The van der Waals surface area contributed by atoms with Crippen LogP contribution < -0.4 is 11.0 Å². The van der Waals surface area contributed by atoms with Crippen molar-refractivity contribution in [1.29, 1.82) is 0 Å². The number of nitrogens with one attached hydrogen (secondary N) is 1. The summed E-state index contributed by atoms with van der Waals surface area (Å²) >= 11 is 0. The van der Waals surface area contributed by atoms with Crippen LogP contribution in [0.1, 0.15) is 21.8 Å². The molecule has 0 saturated heterocycles. The molecule has 4 rings (SSSR count). The van der Waals surface area contributed by atoms with Gasteiger partial charge in [0.2, 0.25) is 5.76 Å². The van der Waals surface area contributed by atoms with Crippen LogP contribution >= 0.6 is 0 Å². The Labute approximate surface area is 147 Å². The number of amides is 1. The number of carbonyl (C=O) groups is 1. The molecule has 1 amide bonds. The first-order chi connectivity index (χ1) is 12.6. The minimum absolute atomic E-state index is 0.143. The van der Waals surface area contributed by atoms with Gasteiger partial charge in [0.05, 0.1) is 12.2 Å². The van der Waals surface area contributed by atoms with Gasteiger partial charge in [0, 0.05) is 18.0 Å². The van der Waals surface area contributed by atoms with Gasteiger partial charge in [-0.25, -0.2) is 9.48 Å². The second-order valence-corrected chi connectivity index (χ2v) is 5.86. The molecule has 0 aliphatic heterocycles. The van der Waals surface area contributed by atoms with Gasteiger partial charge in [0.25, 0.3) is 5.91 Å². The minimum atomic E-state index is -0.382.